The molecule has 0 spiro atoms. The van der Waals surface area contributed by atoms with Crippen LogP contribution in [0.5, 0.6) is 5.75 Å². The van der Waals surface area contributed by atoms with E-state index in [0.717, 1.165) is 5.56 Å². The molecule has 24 heavy (non-hydrogen) atoms. The summed E-state index contributed by atoms with van der Waals surface area (Å²) in [5.74, 6) is 0.206. The van der Waals surface area contributed by atoms with Crippen molar-refractivity contribution in [1.82, 2.24) is 20.2 Å². The van der Waals surface area contributed by atoms with Gasteiger partial charge in [-0.05, 0) is 29.8 Å². The van der Waals surface area contributed by atoms with E-state index in [4.69, 9.17) is 4.42 Å². The summed E-state index contributed by atoms with van der Waals surface area (Å²) in [5.41, 5.74) is 2.18. The third-order valence-electron chi connectivity index (χ3n) is 3.58. The summed E-state index contributed by atoms with van der Waals surface area (Å²) in [5, 5.41) is 18.3. The van der Waals surface area contributed by atoms with Crippen LogP contribution in [0.3, 0.4) is 0 Å². The molecule has 7 heteroatoms. The van der Waals surface area contributed by atoms with Gasteiger partial charge in [0.1, 0.15) is 11.3 Å². The molecule has 0 unspecified atom stereocenters. The molecule has 0 saturated carbocycles. The Morgan fingerprint density at radius 3 is 2.58 bits per heavy atom. The van der Waals surface area contributed by atoms with Crippen LogP contribution >= 0.6 is 0 Å². The van der Waals surface area contributed by atoms with Crippen molar-refractivity contribution in [2.24, 2.45) is 0 Å². The van der Waals surface area contributed by atoms with Crippen LogP contribution in [0, 0.1) is 5.82 Å². The lowest BCUT2D eigenvalue weighted by molar-refractivity contribution is 0.474. The molecule has 0 bridgehead atoms. The Kier molecular flexibility index (Phi) is 3.38. The number of phenols is 1. The molecule has 0 fully saturated rings. The van der Waals surface area contributed by atoms with Crippen LogP contribution in [0.25, 0.3) is 22.5 Å². The Balaban J connectivity index is 1.67. The molecule has 2 heterocycles. The van der Waals surface area contributed by atoms with E-state index in [0.29, 0.717) is 28.9 Å². The number of phenolic OH excluding ortho intramolecular Hbond substituents is 1. The molecule has 2 aromatic carbocycles. The van der Waals surface area contributed by atoms with Crippen molar-refractivity contribution >= 4 is 11.0 Å². The first-order valence-corrected chi connectivity index (χ1v) is 7.20. The second-order valence-electron chi connectivity index (χ2n) is 5.19. The van der Waals surface area contributed by atoms with Gasteiger partial charge in [-0.2, -0.15) is 0 Å². The minimum Gasteiger partial charge on any atom is -0.505 e. The summed E-state index contributed by atoms with van der Waals surface area (Å²) in [7, 11) is 0. The molecule has 0 aliphatic rings. The Morgan fingerprint density at radius 1 is 0.958 bits per heavy atom. The maximum Gasteiger partial charge on any atom is 0.251 e. The zero-order valence-corrected chi connectivity index (χ0v) is 12.3. The second kappa shape index (κ2) is 5.69. The third-order valence-corrected chi connectivity index (χ3v) is 3.58. The highest BCUT2D eigenvalue weighted by Crippen LogP contribution is 2.33. The molecule has 4 aromatic rings. The van der Waals surface area contributed by atoms with Crippen LogP contribution in [0.2, 0.25) is 0 Å². The molecular weight excluding hydrogens is 311 g/mol. The van der Waals surface area contributed by atoms with Crippen molar-refractivity contribution in [3.8, 4) is 17.2 Å². The number of hydrogen-bond donors (Lipinski definition) is 1. The highest BCUT2D eigenvalue weighted by Gasteiger charge is 2.16. The smallest absolute Gasteiger partial charge is 0.251 e. The van der Waals surface area contributed by atoms with Crippen molar-refractivity contribution in [3.63, 3.8) is 0 Å². The summed E-state index contributed by atoms with van der Waals surface area (Å²) in [6.07, 6.45) is 3.43. The van der Waals surface area contributed by atoms with Gasteiger partial charge in [0.05, 0.1) is 17.5 Å². The largest absolute Gasteiger partial charge is 0.505 e. The number of rotatable bonds is 3. The van der Waals surface area contributed by atoms with E-state index in [2.05, 4.69) is 20.2 Å². The van der Waals surface area contributed by atoms with Gasteiger partial charge in [0.25, 0.3) is 5.89 Å². The number of benzene rings is 2. The topological polar surface area (TPSA) is 84.9 Å². The number of aromatic hydroxyl groups is 1. The van der Waals surface area contributed by atoms with Gasteiger partial charge < -0.3 is 9.52 Å². The van der Waals surface area contributed by atoms with Gasteiger partial charge in [-0.3, -0.25) is 4.98 Å². The molecule has 0 atom stereocenters. The standard InChI is InChI=1S/C17H11FN4O2/c18-11-3-1-10(2-4-11)9-14-21-22-17(24-14)12-5-6-13-15(16(12)23)20-8-7-19-13/h1-8,23H,9H2. The number of halogens is 1. The van der Waals surface area contributed by atoms with E-state index in [1.807, 2.05) is 0 Å². The molecular formula is C17H11FN4O2. The van der Waals surface area contributed by atoms with E-state index >= 15 is 0 Å². The molecule has 0 saturated heterocycles. The second-order valence-corrected chi connectivity index (χ2v) is 5.19. The van der Waals surface area contributed by atoms with Crippen molar-refractivity contribution in [1.29, 1.82) is 0 Å². The van der Waals surface area contributed by atoms with Gasteiger partial charge in [0.2, 0.25) is 5.89 Å². The number of hydrogen-bond acceptors (Lipinski definition) is 6. The lowest BCUT2D eigenvalue weighted by Gasteiger charge is -2.02. The molecule has 1 N–H and O–H groups in total. The first kappa shape index (κ1) is 14.3. The highest BCUT2D eigenvalue weighted by molar-refractivity contribution is 5.87. The van der Waals surface area contributed by atoms with Crippen LogP contribution in [0.1, 0.15) is 11.5 Å². The predicted octanol–water partition coefficient (Wildman–Crippen LogP) is 3.12. The minimum atomic E-state index is -0.299. The first-order chi connectivity index (χ1) is 11.7. The van der Waals surface area contributed by atoms with E-state index in [1.165, 1.54) is 18.3 Å². The van der Waals surface area contributed by atoms with E-state index in [1.54, 1.807) is 30.5 Å². The van der Waals surface area contributed by atoms with Crippen LogP contribution in [-0.4, -0.2) is 25.3 Å². The zero-order chi connectivity index (χ0) is 16.5. The molecule has 6 nitrogen and oxygen atoms in total. The maximum atomic E-state index is 12.9. The Hall–Kier alpha value is -3.35. The molecule has 0 aliphatic carbocycles. The fourth-order valence-electron chi connectivity index (χ4n) is 2.41. The first-order valence-electron chi connectivity index (χ1n) is 7.20. The molecule has 0 radical (unpaired) electrons. The van der Waals surface area contributed by atoms with E-state index in [-0.39, 0.29) is 17.5 Å². The van der Waals surface area contributed by atoms with Gasteiger partial charge in [0, 0.05) is 12.4 Å². The van der Waals surface area contributed by atoms with Crippen LogP contribution in [-0.2, 0) is 6.42 Å². The normalized spacial score (nSPS) is 11.0. The quantitative estimate of drug-likeness (QED) is 0.624. The summed E-state index contributed by atoms with van der Waals surface area (Å²) < 4.78 is 18.5. The van der Waals surface area contributed by atoms with Crippen molar-refractivity contribution in [2.75, 3.05) is 0 Å². The molecule has 0 aliphatic heterocycles. The molecule has 4 rings (SSSR count). The van der Waals surface area contributed by atoms with Gasteiger partial charge in [0.15, 0.2) is 5.75 Å². The lowest BCUT2D eigenvalue weighted by Crippen LogP contribution is -1.88. The van der Waals surface area contributed by atoms with Crippen LogP contribution < -0.4 is 0 Å². The Labute approximate surface area is 135 Å². The average molecular weight is 322 g/mol. The van der Waals surface area contributed by atoms with Crippen molar-refractivity contribution in [2.45, 2.75) is 6.42 Å². The zero-order valence-electron chi connectivity index (χ0n) is 12.3. The summed E-state index contributed by atoms with van der Waals surface area (Å²) in [6, 6.07) is 9.44. The number of fused-ring (bicyclic) bond motifs is 1. The molecule has 118 valence electrons. The molecule has 2 aromatic heterocycles. The Morgan fingerprint density at radius 2 is 1.75 bits per heavy atom. The fraction of sp³-hybridized carbons (Fsp3) is 0.0588. The summed E-state index contributed by atoms with van der Waals surface area (Å²) in [6.45, 7) is 0. The van der Waals surface area contributed by atoms with Gasteiger partial charge in [-0.25, -0.2) is 9.37 Å². The Bertz CT molecular complexity index is 1010. The number of nitrogens with zero attached hydrogens (tertiary/aromatic N) is 4. The van der Waals surface area contributed by atoms with Gasteiger partial charge in [-0.15, -0.1) is 10.2 Å². The van der Waals surface area contributed by atoms with Gasteiger partial charge >= 0.3 is 0 Å². The predicted molar refractivity (Wildman–Crippen MR) is 83.7 cm³/mol. The highest BCUT2D eigenvalue weighted by atomic mass is 19.1. The lowest BCUT2D eigenvalue weighted by atomic mass is 10.1. The fourth-order valence-corrected chi connectivity index (χ4v) is 2.41. The summed E-state index contributed by atoms with van der Waals surface area (Å²) in [4.78, 5) is 8.24. The third kappa shape index (κ3) is 2.56. The minimum absolute atomic E-state index is 0.0578. The van der Waals surface area contributed by atoms with Crippen molar-refractivity contribution < 1.29 is 13.9 Å². The van der Waals surface area contributed by atoms with Crippen LogP contribution in [0.15, 0.2) is 53.2 Å². The van der Waals surface area contributed by atoms with E-state index < -0.39 is 0 Å². The monoisotopic (exact) mass is 322 g/mol. The van der Waals surface area contributed by atoms with Gasteiger partial charge in [-0.1, -0.05) is 12.1 Å². The average Bonchev–Trinajstić information content (AvgIpc) is 3.06. The SMILES string of the molecule is Oc1c(-c2nnc(Cc3ccc(F)cc3)o2)ccc2nccnc12. The number of aromatic nitrogens is 4. The summed E-state index contributed by atoms with van der Waals surface area (Å²) >= 11 is 0. The molecule has 0 amide bonds. The maximum absolute atomic E-state index is 12.9. The van der Waals surface area contributed by atoms with Crippen molar-refractivity contribution in [3.05, 3.63) is 66.1 Å². The van der Waals surface area contributed by atoms with Crippen LogP contribution in [0.4, 0.5) is 4.39 Å². The van der Waals surface area contributed by atoms with E-state index in [9.17, 15) is 9.50 Å².